The Bertz CT molecular complexity index is 227. The number of carboxylic acids is 1. The summed E-state index contributed by atoms with van der Waals surface area (Å²) in [5, 5.41) is 10.4. The van der Waals surface area contributed by atoms with Crippen LogP contribution in [-0.4, -0.2) is 40.6 Å². The number of hydrogen-bond donors (Lipinski definition) is 2. The number of ketones is 1. The molecule has 2 N–H and O–H groups in total. The lowest BCUT2D eigenvalue weighted by molar-refractivity contribution is -0.141. The Balaban J connectivity index is 0. The number of alkyl halides is 2. The molecule has 0 fully saturated rings. The van der Waals surface area contributed by atoms with Crippen LogP contribution in [-0.2, 0) is 14.4 Å². The Hall–Kier alpha value is -0.810. The van der Waals surface area contributed by atoms with E-state index in [0.29, 0.717) is 0 Å². The molecule has 0 aromatic rings. The Morgan fingerprint density at radius 2 is 1.67 bits per heavy atom. The van der Waals surface area contributed by atoms with Gasteiger partial charge in [0.1, 0.15) is 6.04 Å². The van der Waals surface area contributed by atoms with Crippen LogP contribution in [0.2, 0.25) is 0 Å². The maximum absolute atomic E-state index is 10.2. The van der Waals surface area contributed by atoms with Crippen molar-refractivity contribution in [2.45, 2.75) is 19.9 Å². The quantitative estimate of drug-likeness (QED) is 0.724. The highest BCUT2D eigenvalue weighted by Crippen LogP contribution is 1.80. The maximum Gasteiger partial charge on any atom is 0.325 e. The van der Waals surface area contributed by atoms with Crippen LogP contribution in [0.5, 0.6) is 0 Å². The van der Waals surface area contributed by atoms with Crippen molar-refractivity contribution in [3.8, 4) is 0 Å². The van der Waals surface area contributed by atoms with Crippen molar-refractivity contribution >= 4 is 40.9 Å². The lowest BCUT2D eigenvalue weighted by Crippen LogP contribution is -2.36. The van der Waals surface area contributed by atoms with Crippen LogP contribution in [0.4, 0.5) is 0 Å². The highest BCUT2D eigenvalue weighted by Gasteiger charge is 2.09. The molecule has 1 unspecified atom stereocenters. The number of carboxylic acid groups (broad SMARTS) is 1. The van der Waals surface area contributed by atoms with E-state index < -0.39 is 12.0 Å². The maximum atomic E-state index is 10.2. The molecule has 0 radical (unpaired) electrons. The van der Waals surface area contributed by atoms with E-state index in [-0.39, 0.29) is 23.5 Å². The zero-order valence-electron chi connectivity index (χ0n) is 8.42. The van der Waals surface area contributed by atoms with Crippen molar-refractivity contribution in [2.24, 2.45) is 0 Å². The summed E-state index contributed by atoms with van der Waals surface area (Å²) >= 11 is 10.0. The molecule has 1 atom stereocenters. The van der Waals surface area contributed by atoms with E-state index in [0.717, 1.165) is 0 Å². The number of nitrogens with one attached hydrogen (secondary N) is 1. The standard InChI is InChI=1S/C5H9NO3.C3H4Cl2O/c1-3(5(8)9)6-4(2)7;4-1-3(6)2-5/h3H,1-2H3,(H,6,7)(H,8,9);1-2H2. The molecule has 0 aliphatic rings. The molecule has 0 spiro atoms. The molecule has 1 amide bonds. The Morgan fingerprint density at radius 3 is 1.73 bits per heavy atom. The van der Waals surface area contributed by atoms with Crippen molar-refractivity contribution in [3.63, 3.8) is 0 Å². The number of amides is 1. The molecule has 88 valence electrons. The molecular formula is C8H13Cl2NO4. The van der Waals surface area contributed by atoms with Crippen LogP contribution in [0.1, 0.15) is 13.8 Å². The van der Waals surface area contributed by atoms with Gasteiger partial charge in [-0.05, 0) is 6.92 Å². The summed E-state index contributed by atoms with van der Waals surface area (Å²) in [7, 11) is 0. The molecule has 15 heavy (non-hydrogen) atoms. The molecule has 0 rings (SSSR count). The number of rotatable bonds is 4. The highest BCUT2D eigenvalue weighted by molar-refractivity contribution is 6.35. The van der Waals surface area contributed by atoms with Crippen LogP contribution in [0.3, 0.4) is 0 Å². The van der Waals surface area contributed by atoms with E-state index in [2.05, 4.69) is 5.32 Å². The largest absolute Gasteiger partial charge is 0.480 e. The Labute approximate surface area is 97.7 Å². The summed E-state index contributed by atoms with van der Waals surface area (Å²) in [5.74, 6) is -1.42. The third-order valence-electron chi connectivity index (χ3n) is 1.09. The van der Waals surface area contributed by atoms with E-state index in [1.165, 1.54) is 13.8 Å². The van der Waals surface area contributed by atoms with Gasteiger partial charge < -0.3 is 10.4 Å². The van der Waals surface area contributed by atoms with Gasteiger partial charge in [0, 0.05) is 6.92 Å². The van der Waals surface area contributed by atoms with E-state index in [9.17, 15) is 14.4 Å². The predicted octanol–water partition coefficient (Wildman–Crippen LogP) is 0.629. The van der Waals surface area contributed by atoms with E-state index in [4.69, 9.17) is 28.3 Å². The number of carbonyl (C=O) groups is 3. The summed E-state index contributed by atoms with van der Waals surface area (Å²) in [6, 6.07) is -0.789. The first-order chi connectivity index (χ1) is 6.84. The van der Waals surface area contributed by atoms with Crippen molar-refractivity contribution in [1.82, 2.24) is 5.32 Å². The molecule has 0 aromatic carbocycles. The molecule has 0 aliphatic carbocycles. The molecular weight excluding hydrogens is 245 g/mol. The molecule has 0 heterocycles. The van der Waals surface area contributed by atoms with Crippen molar-refractivity contribution in [2.75, 3.05) is 11.8 Å². The second kappa shape index (κ2) is 9.73. The summed E-state index contributed by atoms with van der Waals surface area (Å²) in [6.45, 7) is 2.68. The minimum absolute atomic E-state index is 0.0312. The fourth-order valence-electron chi connectivity index (χ4n) is 0.402. The zero-order valence-corrected chi connectivity index (χ0v) is 9.93. The van der Waals surface area contributed by atoms with Crippen LogP contribution in [0, 0.1) is 0 Å². The minimum Gasteiger partial charge on any atom is -0.480 e. The monoisotopic (exact) mass is 257 g/mol. The lowest BCUT2D eigenvalue weighted by atomic mass is 10.3. The van der Waals surface area contributed by atoms with E-state index in [1.54, 1.807) is 0 Å². The fraction of sp³-hybridized carbons (Fsp3) is 0.625. The molecule has 0 aromatic heterocycles. The number of carbonyl (C=O) groups excluding carboxylic acids is 2. The van der Waals surface area contributed by atoms with Crippen molar-refractivity contribution < 1.29 is 19.5 Å². The topological polar surface area (TPSA) is 83.5 Å². The first-order valence-electron chi connectivity index (χ1n) is 3.98. The van der Waals surface area contributed by atoms with Gasteiger partial charge in [-0.3, -0.25) is 14.4 Å². The molecule has 0 saturated heterocycles. The molecule has 0 bridgehead atoms. The van der Waals surface area contributed by atoms with Crippen LogP contribution < -0.4 is 5.32 Å². The Morgan fingerprint density at radius 1 is 1.27 bits per heavy atom. The van der Waals surface area contributed by atoms with Gasteiger partial charge in [-0.15, -0.1) is 23.2 Å². The van der Waals surface area contributed by atoms with Crippen LogP contribution in [0.15, 0.2) is 0 Å². The normalized spacial score (nSPS) is 10.7. The smallest absolute Gasteiger partial charge is 0.325 e. The number of Topliss-reactive ketones (excluding diaryl/α,β-unsaturated/α-hetero) is 1. The fourth-order valence-corrected chi connectivity index (χ4v) is 0.688. The van der Waals surface area contributed by atoms with Crippen molar-refractivity contribution in [3.05, 3.63) is 0 Å². The third kappa shape index (κ3) is 13.2. The molecule has 0 saturated carbocycles. The van der Waals surface area contributed by atoms with Gasteiger partial charge >= 0.3 is 5.97 Å². The first-order valence-corrected chi connectivity index (χ1v) is 5.05. The van der Waals surface area contributed by atoms with Crippen LogP contribution >= 0.6 is 23.2 Å². The van der Waals surface area contributed by atoms with Gasteiger partial charge in [0.2, 0.25) is 5.91 Å². The lowest BCUT2D eigenvalue weighted by Gasteiger charge is -2.04. The number of halogens is 2. The molecule has 5 nitrogen and oxygen atoms in total. The summed E-state index contributed by atoms with van der Waals surface area (Å²) in [4.78, 5) is 30.1. The van der Waals surface area contributed by atoms with E-state index >= 15 is 0 Å². The van der Waals surface area contributed by atoms with Gasteiger partial charge in [0.05, 0.1) is 11.8 Å². The first kappa shape index (κ1) is 16.6. The van der Waals surface area contributed by atoms with Crippen LogP contribution in [0.25, 0.3) is 0 Å². The van der Waals surface area contributed by atoms with E-state index in [1.807, 2.05) is 0 Å². The second-order valence-electron chi connectivity index (χ2n) is 2.57. The average molecular weight is 258 g/mol. The van der Waals surface area contributed by atoms with Crippen molar-refractivity contribution in [1.29, 1.82) is 0 Å². The third-order valence-corrected chi connectivity index (χ3v) is 1.68. The summed E-state index contributed by atoms with van der Waals surface area (Å²) in [5.41, 5.74) is 0. The summed E-state index contributed by atoms with van der Waals surface area (Å²) < 4.78 is 0. The summed E-state index contributed by atoms with van der Waals surface area (Å²) in [6.07, 6.45) is 0. The number of aliphatic carboxylic acids is 1. The predicted molar refractivity (Wildman–Crippen MR) is 57.4 cm³/mol. The van der Waals surface area contributed by atoms with Gasteiger partial charge in [0.15, 0.2) is 5.78 Å². The average Bonchev–Trinajstić information content (AvgIpc) is 2.16. The Kier molecular flexibility index (Phi) is 10.8. The second-order valence-corrected chi connectivity index (χ2v) is 3.10. The van der Waals surface area contributed by atoms with Gasteiger partial charge in [0.25, 0.3) is 0 Å². The SMILES string of the molecule is CC(=O)NC(C)C(=O)O.O=C(CCl)CCl. The van der Waals surface area contributed by atoms with Gasteiger partial charge in [-0.1, -0.05) is 0 Å². The number of hydrogen-bond acceptors (Lipinski definition) is 3. The molecule has 7 heteroatoms. The van der Waals surface area contributed by atoms with Gasteiger partial charge in [-0.2, -0.15) is 0 Å². The molecule has 0 aliphatic heterocycles. The van der Waals surface area contributed by atoms with Gasteiger partial charge in [-0.25, -0.2) is 0 Å². The highest BCUT2D eigenvalue weighted by atomic mass is 35.5. The minimum atomic E-state index is -1.02. The zero-order chi connectivity index (χ0) is 12.4.